The zero-order valence-electron chi connectivity index (χ0n) is 15.6. The number of aromatic nitrogens is 1. The lowest BCUT2D eigenvalue weighted by Gasteiger charge is -2.37. The predicted molar refractivity (Wildman–Crippen MR) is 110 cm³/mol. The molecule has 140 valence electrons. The van der Waals surface area contributed by atoms with Crippen LogP contribution in [0.25, 0.3) is 0 Å². The van der Waals surface area contributed by atoms with Crippen LogP contribution in [-0.2, 0) is 0 Å². The number of carbonyl (C=O) groups excluding carboxylic acids is 1. The summed E-state index contributed by atoms with van der Waals surface area (Å²) in [5.74, 6) is 0.658. The van der Waals surface area contributed by atoms with E-state index in [1.165, 1.54) is 16.6 Å². The molecule has 1 aliphatic rings. The van der Waals surface area contributed by atoms with Gasteiger partial charge in [0.15, 0.2) is 0 Å². The molecule has 26 heavy (non-hydrogen) atoms. The number of hydrogen-bond donors (Lipinski definition) is 1. The molecule has 2 aromatic heterocycles. The molecular weight excluding hydrogens is 362 g/mol. The second-order valence-electron chi connectivity index (χ2n) is 7.07. The summed E-state index contributed by atoms with van der Waals surface area (Å²) in [7, 11) is 4.34. The average molecular weight is 390 g/mol. The second kappa shape index (κ2) is 9.02. The van der Waals surface area contributed by atoms with Crippen molar-refractivity contribution in [3.8, 4) is 0 Å². The standard InChI is InChI=1S/C20H27N3OS2/c1-23(2)18(17-7-5-13-26-17)14-8-10-15(11-9-14)22-19(24)16-6-4-12-21-20(16)25-3/h4-7,12-15,18H,8-11H2,1-3H3,(H,22,24). The first-order valence-corrected chi connectivity index (χ1v) is 11.2. The van der Waals surface area contributed by atoms with Crippen molar-refractivity contribution in [3.05, 3.63) is 46.3 Å². The van der Waals surface area contributed by atoms with Gasteiger partial charge in [-0.3, -0.25) is 4.79 Å². The van der Waals surface area contributed by atoms with Gasteiger partial charge in [0, 0.05) is 23.2 Å². The number of amides is 1. The van der Waals surface area contributed by atoms with Crippen LogP contribution >= 0.6 is 23.1 Å². The van der Waals surface area contributed by atoms with Crippen molar-refractivity contribution in [2.24, 2.45) is 5.92 Å². The molecule has 0 aromatic carbocycles. The van der Waals surface area contributed by atoms with Crippen molar-refractivity contribution < 1.29 is 4.79 Å². The third-order valence-corrected chi connectivity index (χ3v) is 6.81. The van der Waals surface area contributed by atoms with E-state index in [-0.39, 0.29) is 11.9 Å². The molecule has 1 aliphatic carbocycles. The van der Waals surface area contributed by atoms with Crippen LogP contribution in [0.2, 0.25) is 0 Å². The minimum atomic E-state index is 0.00770. The first kappa shape index (κ1) is 19.4. The van der Waals surface area contributed by atoms with Gasteiger partial charge in [-0.2, -0.15) is 0 Å². The number of hydrogen-bond acceptors (Lipinski definition) is 5. The van der Waals surface area contributed by atoms with Crippen molar-refractivity contribution in [3.63, 3.8) is 0 Å². The van der Waals surface area contributed by atoms with E-state index >= 15 is 0 Å². The zero-order valence-corrected chi connectivity index (χ0v) is 17.3. The highest BCUT2D eigenvalue weighted by Crippen LogP contribution is 2.39. The predicted octanol–water partition coefficient (Wildman–Crippen LogP) is 4.46. The summed E-state index contributed by atoms with van der Waals surface area (Å²) in [5, 5.41) is 6.19. The lowest BCUT2D eigenvalue weighted by molar-refractivity contribution is 0.0904. The lowest BCUT2D eigenvalue weighted by atomic mass is 9.80. The van der Waals surface area contributed by atoms with Crippen LogP contribution < -0.4 is 5.32 Å². The number of nitrogens with one attached hydrogen (secondary N) is 1. The molecule has 1 unspecified atom stereocenters. The first-order valence-electron chi connectivity index (χ1n) is 9.10. The smallest absolute Gasteiger partial charge is 0.254 e. The Labute approximate surface area is 164 Å². The number of carbonyl (C=O) groups is 1. The third-order valence-electron chi connectivity index (χ3n) is 5.15. The summed E-state index contributed by atoms with van der Waals surface area (Å²) in [6.07, 6.45) is 8.07. The molecule has 1 atom stereocenters. The molecule has 1 saturated carbocycles. The molecule has 3 rings (SSSR count). The van der Waals surface area contributed by atoms with Crippen LogP contribution in [0, 0.1) is 5.92 Å². The Morgan fingerprint density at radius 3 is 2.65 bits per heavy atom. The van der Waals surface area contributed by atoms with Gasteiger partial charge in [-0.05, 0) is 75.5 Å². The van der Waals surface area contributed by atoms with Crippen LogP contribution in [-0.4, -0.2) is 42.2 Å². The molecule has 0 spiro atoms. The summed E-state index contributed by atoms with van der Waals surface area (Å²) >= 11 is 3.36. The minimum Gasteiger partial charge on any atom is -0.349 e. The van der Waals surface area contributed by atoms with E-state index in [0.717, 1.165) is 30.7 Å². The largest absolute Gasteiger partial charge is 0.349 e. The molecule has 0 aliphatic heterocycles. The highest BCUT2D eigenvalue weighted by molar-refractivity contribution is 7.98. The fourth-order valence-corrected chi connectivity index (χ4v) is 5.50. The van der Waals surface area contributed by atoms with Crippen LogP contribution in [0.5, 0.6) is 0 Å². The van der Waals surface area contributed by atoms with Crippen LogP contribution in [0.1, 0.15) is 47.0 Å². The fourth-order valence-electron chi connectivity index (χ4n) is 3.94. The van der Waals surface area contributed by atoms with Crippen molar-refractivity contribution in [2.45, 2.75) is 42.8 Å². The highest BCUT2D eigenvalue weighted by atomic mass is 32.2. The van der Waals surface area contributed by atoms with E-state index in [2.05, 4.69) is 46.8 Å². The number of thioether (sulfide) groups is 1. The van der Waals surface area contributed by atoms with Gasteiger partial charge in [0.2, 0.25) is 0 Å². The summed E-state index contributed by atoms with van der Waals surface area (Å²) in [6.45, 7) is 0. The van der Waals surface area contributed by atoms with Gasteiger partial charge in [-0.25, -0.2) is 4.98 Å². The average Bonchev–Trinajstić information content (AvgIpc) is 3.17. The van der Waals surface area contributed by atoms with Gasteiger partial charge in [-0.1, -0.05) is 6.07 Å². The SMILES string of the molecule is CSc1ncccc1C(=O)NC1CCC(C(c2cccs2)N(C)C)CC1. The summed E-state index contributed by atoms with van der Waals surface area (Å²) in [6, 6.07) is 8.81. The number of rotatable bonds is 6. The van der Waals surface area contributed by atoms with Crippen molar-refractivity contribution in [1.82, 2.24) is 15.2 Å². The van der Waals surface area contributed by atoms with E-state index in [4.69, 9.17) is 0 Å². The topological polar surface area (TPSA) is 45.2 Å². The molecule has 1 N–H and O–H groups in total. The maximum atomic E-state index is 12.6. The number of thiophene rings is 1. The van der Waals surface area contributed by atoms with Gasteiger partial charge in [0.05, 0.1) is 5.56 Å². The van der Waals surface area contributed by atoms with Gasteiger partial charge < -0.3 is 10.2 Å². The highest BCUT2D eigenvalue weighted by Gasteiger charge is 2.31. The molecule has 0 bridgehead atoms. The Kier molecular flexibility index (Phi) is 6.73. The quantitative estimate of drug-likeness (QED) is 0.741. The normalized spacial score (nSPS) is 21.5. The molecule has 1 fully saturated rings. The van der Waals surface area contributed by atoms with E-state index in [1.54, 1.807) is 6.20 Å². The molecular formula is C20H27N3OS2. The maximum absolute atomic E-state index is 12.6. The van der Waals surface area contributed by atoms with Gasteiger partial charge >= 0.3 is 0 Å². The Balaban J connectivity index is 1.59. The molecule has 4 nitrogen and oxygen atoms in total. The lowest BCUT2D eigenvalue weighted by Crippen LogP contribution is -2.40. The van der Waals surface area contributed by atoms with E-state index < -0.39 is 0 Å². The molecule has 2 aromatic rings. The van der Waals surface area contributed by atoms with E-state index in [0.29, 0.717) is 17.5 Å². The van der Waals surface area contributed by atoms with Crippen molar-refractivity contribution >= 4 is 29.0 Å². The summed E-state index contributed by atoms with van der Waals surface area (Å²) in [4.78, 5) is 20.7. The van der Waals surface area contributed by atoms with Crippen LogP contribution in [0.4, 0.5) is 0 Å². The minimum absolute atomic E-state index is 0.00770. The van der Waals surface area contributed by atoms with Crippen molar-refractivity contribution in [2.75, 3.05) is 20.4 Å². The van der Waals surface area contributed by atoms with E-state index in [1.807, 2.05) is 29.7 Å². The molecule has 0 radical (unpaired) electrons. The zero-order chi connectivity index (χ0) is 18.5. The maximum Gasteiger partial charge on any atom is 0.254 e. The van der Waals surface area contributed by atoms with Crippen LogP contribution in [0.15, 0.2) is 40.9 Å². The Morgan fingerprint density at radius 2 is 2.04 bits per heavy atom. The first-order chi connectivity index (χ1) is 12.6. The summed E-state index contributed by atoms with van der Waals surface area (Å²) < 4.78 is 0. The van der Waals surface area contributed by atoms with E-state index in [9.17, 15) is 4.79 Å². The Bertz CT molecular complexity index is 710. The number of pyridine rings is 1. The monoisotopic (exact) mass is 389 g/mol. The molecule has 1 amide bonds. The van der Waals surface area contributed by atoms with Gasteiger partial charge in [0.25, 0.3) is 5.91 Å². The number of nitrogens with zero attached hydrogens (tertiary/aromatic N) is 2. The third kappa shape index (κ3) is 4.48. The molecule has 0 saturated heterocycles. The van der Waals surface area contributed by atoms with Gasteiger partial charge in [-0.15, -0.1) is 23.1 Å². The van der Waals surface area contributed by atoms with Crippen molar-refractivity contribution in [1.29, 1.82) is 0 Å². The Morgan fingerprint density at radius 1 is 1.27 bits per heavy atom. The molecule has 6 heteroatoms. The van der Waals surface area contributed by atoms with Crippen LogP contribution in [0.3, 0.4) is 0 Å². The fraction of sp³-hybridized carbons (Fsp3) is 0.500. The summed E-state index contributed by atoms with van der Waals surface area (Å²) in [5.41, 5.74) is 0.687. The second-order valence-corrected chi connectivity index (χ2v) is 8.84. The molecule has 2 heterocycles. The Hall–Kier alpha value is -1.37. The van der Waals surface area contributed by atoms with Gasteiger partial charge in [0.1, 0.15) is 5.03 Å².